The van der Waals surface area contributed by atoms with Crippen LogP contribution in [0.3, 0.4) is 0 Å². The maximum Gasteiger partial charge on any atom is 0.113 e. The summed E-state index contributed by atoms with van der Waals surface area (Å²) in [4.78, 5) is 4.93. The average Bonchev–Trinajstić information content (AvgIpc) is 2.95. The second-order valence-corrected chi connectivity index (χ2v) is 6.08. The highest BCUT2D eigenvalue weighted by Crippen LogP contribution is 2.27. The van der Waals surface area contributed by atoms with Crippen molar-refractivity contribution in [3.63, 3.8) is 0 Å². The predicted octanol–water partition coefficient (Wildman–Crippen LogP) is 4.45. The van der Waals surface area contributed by atoms with Gasteiger partial charge < -0.3 is 10.3 Å². The molecule has 1 heterocycles. The minimum Gasteiger partial charge on any atom is -0.326 e. The smallest absolute Gasteiger partial charge is 0.113 e. The topological polar surface area (TPSA) is 43.8 Å². The Labute approximate surface area is 138 Å². The summed E-state index contributed by atoms with van der Waals surface area (Å²) in [7, 11) is 0. The van der Waals surface area contributed by atoms with E-state index in [1.54, 1.807) is 0 Å². The van der Waals surface area contributed by atoms with Crippen molar-refractivity contribution in [2.45, 2.75) is 45.7 Å². The maximum atomic E-state index is 5.70. The number of benzene rings is 2. The zero-order valence-electron chi connectivity index (χ0n) is 14.0. The van der Waals surface area contributed by atoms with Crippen LogP contribution in [0.2, 0.25) is 0 Å². The lowest BCUT2D eigenvalue weighted by Gasteiger charge is -2.16. The number of nitrogens with two attached hydrogens (primary N) is 1. The van der Waals surface area contributed by atoms with Crippen molar-refractivity contribution in [1.29, 1.82) is 0 Å². The molecule has 0 aliphatic carbocycles. The van der Waals surface area contributed by atoms with Gasteiger partial charge >= 0.3 is 0 Å². The molecule has 0 bridgehead atoms. The highest BCUT2D eigenvalue weighted by atomic mass is 15.1. The van der Waals surface area contributed by atoms with E-state index >= 15 is 0 Å². The van der Waals surface area contributed by atoms with Crippen molar-refractivity contribution >= 4 is 11.0 Å². The molecule has 3 nitrogen and oxygen atoms in total. The molecule has 0 fully saturated rings. The molecular formula is C20H25N3. The van der Waals surface area contributed by atoms with E-state index in [0.717, 1.165) is 24.9 Å². The minimum absolute atomic E-state index is 0.505. The summed E-state index contributed by atoms with van der Waals surface area (Å²) in [5.74, 6) is 1.71. The van der Waals surface area contributed by atoms with E-state index in [2.05, 4.69) is 66.9 Å². The zero-order chi connectivity index (χ0) is 16.2. The van der Waals surface area contributed by atoms with Crippen LogP contribution < -0.4 is 5.73 Å². The van der Waals surface area contributed by atoms with Crippen molar-refractivity contribution < 1.29 is 0 Å². The molecule has 0 saturated heterocycles. The number of hydrogen-bond donors (Lipinski definition) is 1. The van der Waals surface area contributed by atoms with Gasteiger partial charge in [-0.1, -0.05) is 50.2 Å². The Morgan fingerprint density at radius 2 is 1.61 bits per heavy atom. The summed E-state index contributed by atoms with van der Waals surface area (Å²) < 4.78 is 2.38. The first-order valence-corrected chi connectivity index (χ1v) is 8.49. The molecule has 0 radical (unpaired) electrons. The third-order valence-electron chi connectivity index (χ3n) is 4.63. The van der Waals surface area contributed by atoms with Crippen molar-refractivity contribution in [3.05, 3.63) is 65.5 Å². The molecule has 0 amide bonds. The Morgan fingerprint density at radius 1 is 0.957 bits per heavy atom. The number of hydrogen-bond acceptors (Lipinski definition) is 2. The fourth-order valence-corrected chi connectivity index (χ4v) is 3.19. The van der Waals surface area contributed by atoms with Crippen LogP contribution in [0, 0.1) is 0 Å². The van der Waals surface area contributed by atoms with Crippen LogP contribution in [0.5, 0.6) is 0 Å². The molecule has 0 aliphatic rings. The Hall–Kier alpha value is -2.13. The van der Waals surface area contributed by atoms with Gasteiger partial charge in [0.15, 0.2) is 0 Å². The van der Waals surface area contributed by atoms with Gasteiger partial charge in [-0.2, -0.15) is 0 Å². The largest absolute Gasteiger partial charge is 0.326 e. The normalized spacial score (nSPS) is 11.5. The molecule has 0 aliphatic heterocycles. The molecule has 2 N–H and O–H groups in total. The van der Waals surface area contributed by atoms with E-state index in [1.807, 2.05) is 0 Å². The molecule has 23 heavy (non-hydrogen) atoms. The average molecular weight is 307 g/mol. The number of fused-ring (bicyclic) bond motifs is 1. The third kappa shape index (κ3) is 3.15. The zero-order valence-corrected chi connectivity index (χ0v) is 14.0. The number of nitrogens with zero attached hydrogens (tertiary/aromatic N) is 2. The SMILES string of the molecule is CCC(CC)c1nc2ccccc2n1Cc1ccc(CN)cc1. The molecule has 120 valence electrons. The van der Waals surface area contributed by atoms with E-state index in [1.165, 1.54) is 22.5 Å². The first-order valence-electron chi connectivity index (χ1n) is 8.49. The predicted molar refractivity (Wildman–Crippen MR) is 96.5 cm³/mol. The van der Waals surface area contributed by atoms with Gasteiger partial charge in [-0.25, -0.2) is 4.98 Å². The van der Waals surface area contributed by atoms with Crippen molar-refractivity contribution in [2.75, 3.05) is 0 Å². The van der Waals surface area contributed by atoms with Crippen LogP contribution in [0.15, 0.2) is 48.5 Å². The number of rotatable bonds is 6. The molecule has 0 atom stereocenters. The highest BCUT2D eigenvalue weighted by Gasteiger charge is 2.17. The minimum atomic E-state index is 0.505. The van der Waals surface area contributed by atoms with E-state index in [4.69, 9.17) is 10.7 Å². The summed E-state index contributed by atoms with van der Waals surface area (Å²) >= 11 is 0. The molecule has 0 spiro atoms. The monoisotopic (exact) mass is 307 g/mol. The Bertz CT molecular complexity index is 767. The second kappa shape index (κ2) is 6.97. The van der Waals surface area contributed by atoms with Crippen LogP contribution in [0.25, 0.3) is 11.0 Å². The van der Waals surface area contributed by atoms with Gasteiger partial charge in [-0.05, 0) is 36.1 Å². The van der Waals surface area contributed by atoms with E-state index in [0.29, 0.717) is 12.5 Å². The number of imidazole rings is 1. The summed E-state index contributed by atoms with van der Waals surface area (Å²) in [5, 5.41) is 0. The Kier molecular flexibility index (Phi) is 4.77. The van der Waals surface area contributed by atoms with E-state index < -0.39 is 0 Å². The highest BCUT2D eigenvalue weighted by molar-refractivity contribution is 5.76. The van der Waals surface area contributed by atoms with Gasteiger partial charge in [-0.15, -0.1) is 0 Å². The van der Waals surface area contributed by atoms with Crippen molar-refractivity contribution in [2.24, 2.45) is 5.73 Å². The summed E-state index contributed by atoms with van der Waals surface area (Å²) in [6, 6.07) is 17.0. The molecule has 0 saturated carbocycles. The third-order valence-corrected chi connectivity index (χ3v) is 4.63. The first kappa shape index (κ1) is 15.8. The Balaban J connectivity index is 2.04. The number of aromatic nitrogens is 2. The van der Waals surface area contributed by atoms with Crippen molar-refractivity contribution in [3.8, 4) is 0 Å². The molecular weight excluding hydrogens is 282 g/mol. The van der Waals surface area contributed by atoms with Crippen LogP contribution in [-0.2, 0) is 13.1 Å². The first-order chi connectivity index (χ1) is 11.3. The van der Waals surface area contributed by atoms with E-state index in [-0.39, 0.29) is 0 Å². The van der Waals surface area contributed by atoms with Gasteiger partial charge in [0.1, 0.15) is 5.82 Å². The van der Waals surface area contributed by atoms with Crippen LogP contribution in [-0.4, -0.2) is 9.55 Å². The lowest BCUT2D eigenvalue weighted by atomic mass is 10.0. The van der Waals surface area contributed by atoms with Gasteiger partial charge in [0.25, 0.3) is 0 Å². The van der Waals surface area contributed by atoms with Crippen LogP contribution >= 0.6 is 0 Å². The van der Waals surface area contributed by atoms with Crippen molar-refractivity contribution in [1.82, 2.24) is 9.55 Å². The molecule has 1 aromatic heterocycles. The van der Waals surface area contributed by atoms with Gasteiger partial charge in [0.2, 0.25) is 0 Å². The molecule has 2 aromatic carbocycles. The second-order valence-electron chi connectivity index (χ2n) is 6.08. The van der Waals surface area contributed by atoms with E-state index in [9.17, 15) is 0 Å². The summed E-state index contributed by atoms with van der Waals surface area (Å²) in [6.45, 7) is 5.94. The molecule has 3 aromatic rings. The van der Waals surface area contributed by atoms with Gasteiger partial charge in [0, 0.05) is 19.0 Å². The van der Waals surface area contributed by atoms with Gasteiger partial charge in [-0.3, -0.25) is 0 Å². The quantitative estimate of drug-likeness (QED) is 0.731. The lowest BCUT2D eigenvalue weighted by Crippen LogP contribution is -2.09. The lowest BCUT2D eigenvalue weighted by molar-refractivity contribution is 0.570. The molecule has 0 unspecified atom stereocenters. The molecule has 3 heteroatoms. The number of para-hydroxylation sites is 2. The summed E-state index contributed by atoms with van der Waals surface area (Å²) in [5.41, 5.74) is 10.5. The summed E-state index contributed by atoms with van der Waals surface area (Å²) in [6.07, 6.45) is 2.23. The molecule has 3 rings (SSSR count). The fraction of sp³-hybridized carbons (Fsp3) is 0.350. The van der Waals surface area contributed by atoms with Crippen LogP contribution in [0.1, 0.15) is 49.6 Å². The Morgan fingerprint density at radius 3 is 2.26 bits per heavy atom. The van der Waals surface area contributed by atoms with Crippen LogP contribution in [0.4, 0.5) is 0 Å². The standard InChI is InChI=1S/C20H25N3/c1-3-17(4-2)20-22-18-7-5-6-8-19(18)23(20)14-16-11-9-15(13-21)10-12-16/h5-12,17H,3-4,13-14,21H2,1-2H3. The van der Waals surface area contributed by atoms with Gasteiger partial charge in [0.05, 0.1) is 11.0 Å². The fourth-order valence-electron chi connectivity index (χ4n) is 3.19. The maximum absolute atomic E-state index is 5.70.